The van der Waals surface area contributed by atoms with E-state index in [1.165, 1.54) is 10.3 Å². The van der Waals surface area contributed by atoms with Crippen LogP contribution in [0.3, 0.4) is 0 Å². The number of benzene rings is 2. The molecular formula is C18H18ClN5OS2. The van der Waals surface area contributed by atoms with Gasteiger partial charge in [0.15, 0.2) is 4.34 Å². The maximum Gasteiger partial charge on any atom is 0.211 e. The molecule has 0 fully saturated rings. The van der Waals surface area contributed by atoms with E-state index in [0.717, 1.165) is 33.3 Å². The van der Waals surface area contributed by atoms with E-state index >= 15 is 0 Å². The van der Waals surface area contributed by atoms with Crippen LogP contribution >= 0.6 is 35.5 Å². The summed E-state index contributed by atoms with van der Waals surface area (Å²) >= 11 is 3.38. The van der Waals surface area contributed by atoms with Gasteiger partial charge in [0.1, 0.15) is 5.75 Å². The number of hydrogen-bond acceptors (Lipinski definition) is 6. The third-order valence-corrected chi connectivity index (χ3v) is 6.43. The van der Waals surface area contributed by atoms with Gasteiger partial charge < -0.3 is 16.2 Å². The molecule has 2 aromatic carbocycles. The normalized spacial score (nSPS) is 16.8. The van der Waals surface area contributed by atoms with E-state index in [2.05, 4.69) is 22.3 Å². The lowest BCUT2D eigenvalue weighted by Gasteiger charge is -2.08. The molecule has 6 nitrogen and oxygen atoms in total. The van der Waals surface area contributed by atoms with Crippen LogP contribution in [-0.4, -0.2) is 29.0 Å². The highest BCUT2D eigenvalue weighted by molar-refractivity contribution is 8.02. The highest BCUT2D eigenvalue weighted by Crippen LogP contribution is 2.39. The molecule has 0 saturated carbocycles. The summed E-state index contributed by atoms with van der Waals surface area (Å²) in [6.45, 7) is 0. The minimum absolute atomic E-state index is 0. The standard InChI is InChI=1S/C18H17N5OS2.ClH/c1-24-11-7-6-10-8-15(16(12(10)9-11)22-23-17(19)20)26-18-21-13-4-2-3-5-14(13)25-18;/h2-7,9,15H,8H2,1H3,(H4,19,20,23);1H/b22-16+;. The van der Waals surface area contributed by atoms with Crippen LogP contribution in [0.1, 0.15) is 11.1 Å². The molecule has 4 rings (SSSR count). The first-order valence-corrected chi connectivity index (χ1v) is 9.69. The van der Waals surface area contributed by atoms with Crippen LogP contribution in [0, 0.1) is 0 Å². The van der Waals surface area contributed by atoms with Gasteiger partial charge in [-0.1, -0.05) is 30.0 Å². The Morgan fingerprint density at radius 3 is 2.81 bits per heavy atom. The molecule has 1 aliphatic rings. The lowest BCUT2D eigenvalue weighted by Crippen LogP contribution is -2.22. The molecule has 0 aliphatic heterocycles. The van der Waals surface area contributed by atoms with Crippen LogP contribution in [0.5, 0.6) is 5.75 Å². The van der Waals surface area contributed by atoms with Crippen molar-refractivity contribution in [1.82, 2.24) is 4.98 Å². The second-order valence-corrected chi connectivity index (χ2v) is 8.27. The van der Waals surface area contributed by atoms with Gasteiger partial charge in [-0.25, -0.2) is 4.98 Å². The van der Waals surface area contributed by atoms with Crippen molar-refractivity contribution in [2.75, 3.05) is 7.11 Å². The maximum absolute atomic E-state index is 5.47. The molecule has 3 aromatic rings. The van der Waals surface area contributed by atoms with Gasteiger partial charge in [-0.3, -0.25) is 0 Å². The predicted molar refractivity (Wildman–Crippen MR) is 116 cm³/mol. The van der Waals surface area contributed by atoms with Crippen molar-refractivity contribution in [2.45, 2.75) is 16.0 Å². The fourth-order valence-electron chi connectivity index (χ4n) is 2.92. The Hall–Kier alpha value is -2.29. The number of hydrogen-bond donors (Lipinski definition) is 2. The number of nitrogens with zero attached hydrogens (tertiary/aromatic N) is 3. The Morgan fingerprint density at radius 2 is 2.07 bits per heavy atom. The molecule has 1 aliphatic carbocycles. The Balaban J connectivity index is 0.00000210. The Morgan fingerprint density at radius 1 is 1.26 bits per heavy atom. The third kappa shape index (κ3) is 4.02. The first-order chi connectivity index (χ1) is 12.6. The smallest absolute Gasteiger partial charge is 0.211 e. The molecule has 27 heavy (non-hydrogen) atoms. The molecule has 0 amide bonds. The number of para-hydroxylation sites is 1. The van der Waals surface area contributed by atoms with Crippen LogP contribution < -0.4 is 16.2 Å². The number of ether oxygens (including phenoxy) is 1. The Bertz CT molecular complexity index is 997. The van der Waals surface area contributed by atoms with Crippen LogP contribution in [0.25, 0.3) is 10.2 Å². The van der Waals surface area contributed by atoms with Crippen molar-refractivity contribution in [1.29, 1.82) is 0 Å². The zero-order valence-electron chi connectivity index (χ0n) is 14.5. The number of thioether (sulfide) groups is 1. The minimum atomic E-state index is -0.0578. The first kappa shape index (κ1) is 19.5. The van der Waals surface area contributed by atoms with E-state index in [1.54, 1.807) is 30.2 Å². The van der Waals surface area contributed by atoms with E-state index in [4.69, 9.17) is 21.2 Å². The average molecular weight is 420 g/mol. The fraction of sp³-hybridized carbons (Fsp3) is 0.167. The number of halogens is 1. The monoisotopic (exact) mass is 419 g/mol. The second kappa shape index (κ2) is 8.16. The fourth-order valence-corrected chi connectivity index (χ4v) is 5.37. The number of nitrogens with two attached hydrogens (primary N) is 2. The summed E-state index contributed by atoms with van der Waals surface area (Å²) in [5, 5.41) is 8.31. The van der Waals surface area contributed by atoms with Gasteiger partial charge in [0.25, 0.3) is 0 Å². The molecule has 0 bridgehead atoms. The molecule has 140 valence electrons. The van der Waals surface area contributed by atoms with E-state index in [9.17, 15) is 0 Å². The lowest BCUT2D eigenvalue weighted by atomic mass is 10.1. The van der Waals surface area contributed by atoms with Gasteiger partial charge in [0, 0.05) is 5.56 Å². The molecule has 0 radical (unpaired) electrons. The van der Waals surface area contributed by atoms with Gasteiger partial charge in [-0.05, 0) is 36.2 Å². The molecule has 9 heteroatoms. The van der Waals surface area contributed by atoms with Crippen molar-refractivity contribution in [2.24, 2.45) is 21.7 Å². The highest BCUT2D eigenvalue weighted by Gasteiger charge is 2.31. The summed E-state index contributed by atoms with van der Waals surface area (Å²) in [5.74, 6) is 0.726. The van der Waals surface area contributed by atoms with Crippen molar-refractivity contribution in [3.63, 3.8) is 0 Å². The van der Waals surface area contributed by atoms with Crippen molar-refractivity contribution in [3.8, 4) is 5.75 Å². The predicted octanol–water partition coefficient (Wildman–Crippen LogP) is 3.42. The highest BCUT2D eigenvalue weighted by atomic mass is 35.5. The summed E-state index contributed by atoms with van der Waals surface area (Å²) in [6.07, 6.45) is 0.846. The summed E-state index contributed by atoms with van der Waals surface area (Å²) in [4.78, 5) is 4.72. The molecule has 4 N–H and O–H groups in total. The van der Waals surface area contributed by atoms with Crippen LogP contribution in [0.2, 0.25) is 0 Å². The average Bonchev–Trinajstić information content (AvgIpc) is 3.19. The second-order valence-electron chi connectivity index (χ2n) is 5.79. The lowest BCUT2D eigenvalue weighted by molar-refractivity contribution is 0.414. The minimum Gasteiger partial charge on any atom is -0.497 e. The van der Waals surface area contributed by atoms with E-state index < -0.39 is 0 Å². The number of aromatic nitrogens is 1. The Kier molecular flexibility index (Phi) is 5.88. The number of fused-ring (bicyclic) bond motifs is 2. The first-order valence-electron chi connectivity index (χ1n) is 8.00. The largest absolute Gasteiger partial charge is 0.497 e. The molecule has 1 unspecified atom stereocenters. The quantitative estimate of drug-likeness (QED) is 0.383. The molecular weight excluding hydrogens is 402 g/mol. The summed E-state index contributed by atoms with van der Waals surface area (Å²) in [6, 6.07) is 14.1. The van der Waals surface area contributed by atoms with Gasteiger partial charge in [-0.15, -0.1) is 28.8 Å². The van der Waals surface area contributed by atoms with Crippen molar-refractivity contribution < 1.29 is 4.74 Å². The van der Waals surface area contributed by atoms with E-state index in [0.29, 0.717) is 0 Å². The van der Waals surface area contributed by atoms with E-state index in [1.807, 2.05) is 30.3 Å². The summed E-state index contributed by atoms with van der Waals surface area (Å²) in [5.41, 5.74) is 15.0. The van der Waals surface area contributed by atoms with Crippen LogP contribution in [0.4, 0.5) is 0 Å². The zero-order valence-corrected chi connectivity index (χ0v) is 16.9. The van der Waals surface area contributed by atoms with Crippen molar-refractivity contribution >= 4 is 57.4 Å². The maximum atomic E-state index is 5.47. The SMILES string of the molecule is COc1ccc2c(c1)/C(=N\N=C(N)N)C(Sc1nc3ccccc3s1)C2.Cl. The number of thiazole rings is 1. The molecule has 1 atom stereocenters. The number of rotatable bonds is 4. The van der Waals surface area contributed by atoms with E-state index in [-0.39, 0.29) is 23.6 Å². The molecule has 0 saturated heterocycles. The van der Waals surface area contributed by atoms with Crippen molar-refractivity contribution in [3.05, 3.63) is 53.6 Å². The molecule has 1 aromatic heterocycles. The molecule has 0 spiro atoms. The molecule has 1 heterocycles. The summed E-state index contributed by atoms with van der Waals surface area (Å²) in [7, 11) is 1.65. The van der Waals surface area contributed by atoms with Gasteiger partial charge in [-0.2, -0.15) is 5.10 Å². The Labute approximate surface area is 171 Å². The van der Waals surface area contributed by atoms with Crippen LogP contribution in [-0.2, 0) is 6.42 Å². The van der Waals surface area contributed by atoms with Gasteiger partial charge in [0.05, 0.1) is 28.3 Å². The zero-order chi connectivity index (χ0) is 18.1. The van der Waals surface area contributed by atoms with Crippen LogP contribution in [0.15, 0.2) is 57.0 Å². The van der Waals surface area contributed by atoms with Gasteiger partial charge >= 0.3 is 0 Å². The number of methoxy groups -OCH3 is 1. The number of guanidine groups is 1. The summed E-state index contributed by atoms with van der Waals surface area (Å²) < 4.78 is 7.53. The van der Waals surface area contributed by atoms with Gasteiger partial charge in [0.2, 0.25) is 5.96 Å². The topological polar surface area (TPSA) is 98.9 Å². The third-order valence-electron chi connectivity index (χ3n) is 4.09.